The van der Waals surface area contributed by atoms with Crippen molar-refractivity contribution in [1.82, 2.24) is 4.90 Å². The number of ether oxygens (including phenoxy) is 2. The first-order chi connectivity index (χ1) is 16.7. The third kappa shape index (κ3) is 5.28. The van der Waals surface area contributed by atoms with E-state index in [2.05, 4.69) is 6.07 Å². The summed E-state index contributed by atoms with van der Waals surface area (Å²) in [4.78, 5) is 28.6. The number of fused-ring (bicyclic) bond motifs is 1. The smallest absolute Gasteiger partial charge is 0.325 e. The van der Waals surface area contributed by atoms with Crippen LogP contribution in [0.4, 0.5) is 10.1 Å². The van der Waals surface area contributed by atoms with Crippen molar-refractivity contribution in [2.45, 2.75) is 25.4 Å². The Bertz CT molecular complexity index is 1160. The van der Waals surface area contributed by atoms with Crippen LogP contribution in [0.1, 0.15) is 18.4 Å². The van der Waals surface area contributed by atoms with Gasteiger partial charge in [0, 0.05) is 19.2 Å². The lowest BCUT2D eigenvalue weighted by Crippen LogP contribution is -2.54. The number of rotatable bonds is 5. The molecule has 184 valence electrons. The maximum absolute atomic E-state index is 13.4. The Morgan fingerprint density at radius 2 is 1.97 bits per heavy atom. The predicted octanol–water partition coefficient (Wildman–Crippen LogP) is 3.30. The summed E-state index contributed by atoms with van der Waals surface area (Å²) in [6.45, 7) is 0.705. The number of nitriles is 1. The van der Waals surface area contributed by atoms with Crippen LogP contribution >= 0.6 is 11.6 Å². The van der Waals surface area contributed by atoms with E-state index in [1.807, 2.05) is 0 Å². The summed E-state index contributed by atoms with van der Waals surface area (Å²) in [5.41, 5.74) is 0.703. The molecule has 10 heteroatoms. The highest BCUT2D eigenvalue weighted by Gasteiger charge is 2.40. The minimum atomic E-state index is -0.917. The number of esters is 1. The molecule has 1 fully saturated rings. The van der Waals surface area contributed by atoms with Crippen molar-refractivity contribution in [3.8, 4) is 17.6 Å². The summed E-state index contributed by atoms with van der Waals surface area (Å²) in [5, 5.41) is 20.0. The highest BCUT2D eigenvalue weighted by atomic mass is 35.5. The van der Waals surface area contributed by atoms with Gasteiger partial charge in [-0.25, -0.2) is 4.39 Å². The minimum Gasteiger partial charge on any atom is -0.506 e. The van der Waals surface area contributed by atoms with Gasteiger partial charge in [-0.05, 0) is 43.0 Å². The molecule has 2 aromatic rings. The number of carbonyl (C=O) groups is 2. The van der Waals surface area contributed by atoms with E-state index in [1.54, 1.807) is 21.9 Å². The van der Waals surface area contributed by atoms with Gasteiger partial charge in [0.2, 0.25) is 0 Å². The third-order valence-electron chi connectivity index (χ3n) is 6.57. The summed E-state index contributed by atoms with van der Waals surface area (Å²) in [6, 6.07) is 11.3. The highest BCUT2D eigenvalue weighted by molar-refractivity contribution is 6.32. The molecular formula is C25H25ClFN3O5. The summed E-state index contributed by atoms with van der Waals surface area (Å²) < 4.78 is 23.9. The van der Waals surface area contributed by atoms with Crippen LogP contribution in [0.25, 0.3) is 0 Å². The average Bonchev–Trinajstić information content (AvgIpc) is 2.86. The number of aromatic hydroxyl groups is 1. The number of carbonyl (C=O) groups excluding carboxylic acids is 2. The minimum absolute atomic E-state index is 0.0945. The fourth-order valence-electron chi connectivity index (χ4n) is 4.54. The third-order valence-corrected chi connectivity index (χ3v) is 6.88. The van der Waals surface area contributed by atoms with Crippen molar-refractivity contribution in [2.24, 2.45) is 5.41 Å². The zero-order valence-corrected chi connectivity index (χ0v) is 19.9. The topological polar surface area (TPSA) is 103 Å². The second kappa shape index (κ2) is 10.0. The van der Waals surface area contributed by atoms with Gasteiger partial charge in [0.25, 0.3) is 5.91 Å². The molecule has 1 amide bonds. The Balaban J connectivity index is 1.47. The molecule has 2 aromatic carbocycles. The molecule has 4 rings (SSSR count). The van der Waals surface area contributed by atoms with E-state index in [1.165, 1.54) is 31.4 Å². The van der Waals surface area contributed by atoms with Crippen molar-refractivity contribution >= 4 is 29.2 Å². The first kappa shape index (κ1) is 24.6. The number of benzene rings is 2. The predicted molar refractivity (Wildman–Crippen MR) is 126 cm³/mol. The molecule has 2 aliphatic heterocycles. The second-order valence-corrected chi connectivity index (χ2v) is 9.26. The van der Waals surface area contributed by atoms with Gasteiger partial charge in [-0.15, -0.1) is 0 Å². The molecule has 2 heterocycles. The Labute approximate surface area is 207 Å². The van der Waals surface area contributed by atoms with Gasteiger partial charge in [0.05, 0.1) is 35.8 Å². The molecule has 0 spiro atoms. The van der Waals surface area contributed by atoms with E-state index in [9.17, 15) is 24.3 Å². The normalized spacial score (nSPS) is 18.7. The van der Waals surface area contributed by atoms with Gasteiger partial charge in [0.1, 0.15) is 23.9 Å². The van der Waals surface area contributed by atoms with E-state index in [0.717, 1.165) is 5.56 Å². The number of likely N-dealkylation sites (tertiary alicyclic amines) is 1. The maximum atomic E-state index is 13.4. The Morgan fingerprint density at radius 1 is 1.29 bits per heavy atom. The number of amides is 1. The van der Waals surface area contributed by atoms with Crippen molar-refractivity contribution in [3.05, 3.63) is 52.8 Å². The lowest BCUT2D eigenvalue weighted by molar-refractivity contribution is -0.142. The van der Waals surface area contributed by atoms with Crippen molar-refractivity contribution in [1.29, 1.82) is 5.26 Å². The average molecular weight is 502 g/mol. The molecule has 1 N–H and O–H groups in total. The van der Waals surface area contributed by atoms with Gasteiger partial charge in [-0.3, -0.25) is 9.59 Å². The molecule has 35 heavy (non-hydrogen) atoms. The molecule has 0 radical (unpaired) electrons. The molecule has 1 saturated heterocycles. The molecule has 1 unspecified atom stereocenters. The quantitative estimate of drug-likeness (QED) is 0.627. The number of hydrogen-bond acceptors (Lipinski definition) is 7. The highest BCUT2D eigenvalue weighted by Crippen LogP contribution is 2.41. The molecule has 0 aromatic heterocycles. The van der Waals surface area contributed by atoms with Crippen LogP contribution in [-0.2, 0) is 20.7 Å². The van der Waals surface area contributed by atoms with E-state index in [0.29, 0.717) is 38.0 Å². The maximum Gasteiger partial charge on any atom is 0.325 e. The molecule has 8 nitrogen and oxygen atoms in total. The number of nitrogens with zero attached hydrogens (tertiary/aromatic N) is 3. The van der Waals surface area contributed by atoms with Gasteiger partial charge in [0.15, 0.2) is 6.10 Å². The fourth-order valence-corrected chi connectivity index (χ4v) is 4.70. The van der Waals surface area contributed by atoms with Gasteiger partial charge < -0.3 is 24.4 Å². The van der Waals surface area contributed by atoms with Crippen molar-refractivity contribution in [3.63, 3.8) is 0 Å². The number of piperidine rings is 1. The van der Waals surface area contributed by atoms with E-state index >= 15 is 0 Å². The van der Waals surface area contributed by atoms with Crippen molar-refractivity contribution in [2.75, 3.05) is 38.2 Å². The molecule has 0 aliphatic carbocycles. The van der Waals surface area contributed by atoms with Gasteiger partial charge in [-0.2, -0.15) is 5.26 Å². The number of phenolic OH excluding ortho intramolecular Hbond substituents is 1. The van der Waals surface area contributed by atoms with Crippen LogP contribution in [0.5, 0.6) is 11.5 Å². The van der Waals surface area contributed by atoms with Crippen LogP contribution < -0.4 is 9.64 Å². The zero-order chi connectivity index (χ0) is 25.2. The second-order valence-electron chi connectivity index (χ2n) is 8.86. The van der Waals surface area contributed by atoms with Crippen LogP contribution in [0.2, 0.25) is 5.02 Å². The van der Waals surface area contributed by atoms with Crippen LogP contribution in [0, 0.1) is 22.6 Å². The Hall–Kier alpha value is -3.51. The van der Waals surface area contributed by atoms with Crippen LogP contribution in [-0.4, -0.2) is 61.3 Å². The number of hydrogen-bond donors (Lipinski definition) is 1. The molecular weight excluding hydrogens is 477 g/mol. The first-order valence-electron chi connectivity index (χ1n) is 11.2. The standard InChI is InChI=1S/C25H25ClFN3O5/c1-34-23(32)14-30-13-22(35-21-11-20(31)18(26)10-19(21)30)24(33)29-8-6-25(15-28,7-9-29)12-16-2-4-17(27)5-3-16/h2-5,10-11,22,31H,6-9,12-14H2,1H3. The van der Waals surface area contributed by atoms with Gasteiger partial charge >= 0.3 is 5.97 Å². The molecule has 0 bridgehead atoms. The monoisotopic (exact) mass is 501 g/mol. The molecule has 1 atom stereocenters. The summed E-state index contributed by atoms with van der Waals surface area (Å²) in [6.07, 6.45) is 0.502. The number of methoxy groups -OCH3 is 1. The lowest BCUT2D eigenvalue weighted by Gasteiger charge is -2.41. The van der Waals surface area contributed by atoms with E-state index in [-0.39, 0.29) is 41.3 Å². The number of phenols is 1. The van der Waals surface area contributed by atoms with E-state index in [4.69, 9.17) is 21.1 Å². The SMILES string of the molecule is COC(=O)CN1CC(C(=O)N2CCC(C#N)(Cc3ccc(F)cc3)CC2)Oc2cc(O)c(Cl)cc21. The van der Waals surface area contributed by atoms with E-state index < -0.39 is 17.5 Å². The van der Waals surface area contributed by atoms with Crippen molar-refractivity contribution < 1.29 is 28.6 Å². The Morgan fingerprint density at radius 3 is 2.60 bits per heavy atom. The molecule has 0 saturated carbocycles. The largest absolute Gasteiger partial charge is 0.506 e. The lowest BCUT2D eigenvalue weighted by atomic mass is 9.75. The fraction of sp³-hybridized carbons (Fsp3) is 0.400. The number of anilines is 1. The summed E-state index contributed by atoms with van der Waals surface area (Å²) >= 11 is 6.04. The first-order valence-corrected chi connectivity index (χ1v) is 11.6. The van der Waals surface area contributed by atoms with Gasteiger partial charge in [-0.1, -0.05) is 23.7 Å². The number of halogens is 2. The van der Waals surface area contributed by atoms with Crippen LogP contribution in [0.3, 0.4) is 0 Å². The Kier molecular flexibility index (Phi) is 7.03. The summed E-state index contributed by atoms with van der Waals surface area (Å²) in [7, 11) is 1.28. The van der Waals surface area contributed by atoms with Crippen LogP contribution in [0.15, 0.2) is 36.4 Å². The molecule has 2 aliphatic rings. The summed E-state index contributed by atoms with van der Waals surface area (Å²) in [5.74, 6) is -1.06. The zero-order valence-electron chi connectivity index (χ0n) is 19.2.